The van der Waals surface area contributed by atoms with Gasteiger partial charge >= 0.3 is 0 Å². The van der Waals surface area contributed by atoms with Gasteiger partial charge in [0.1, 0.15) is 29.7 Å². The number of likely N-dealkylation sites (tertiary alicyclic amines) is 1. The van der Waals surface area contributed by atoms with Crippen LogP contribution in [0.4, 0.5) is 5.69 Å². The van der Waals surface area contributed by atoms with Crippen LogP contribution < -0.4 is 9.64 Å². The number of carbonyl (C=O) groups excluding carboxylic acids is 2. The van der Waals surface area contributed by atoms with Crippen molar-refractivity contribution < 1.29 is 14.3 Å². The molecule has 0 radical (unpaired) electrons. The Labute approximate surface area is 196 Å². The summed E-state index contributed by atoms with van der Waals surface area (Å²) in [5, 5.41) is 16.5. The van der Waals surface area contributed by atoms with Crippen LogP contribution in [0.3, 0.4) is 0 Å². The monoisotopic (exact) mass is 456 g/mol. The van der Waals surface area contributed by atoms with E-state index < -0.39 is 11.5 Å². The molecule has 2 aliphatic heterocycles. The molecule has 9 nitrogen and oxygen atoms in total. The summed E-state index contributed by atoms with van der Waals surface area (Å²) in [6.45, 7) is 2.43. The molecule has 2 amide bonds. The van der Waals surface area contributed by atoms with Gasteiger partial charge < -0.3 is 14.5 Å². The zero-order chi connectivity index (χ0) is 23.4. The number of anilines is 1. The summed E-state index contributed by atoms with van der Waals surface area (Å²) in [7, 11) is 0. The molecule has 0 bridgehead atoms. The van der Waals surface area contributed by atoms with E-state index in [1.54, 1.807) is 15.9 Å². The van der Waals surface area contributed by atoms with Crippen molar-refractivity contribution in [1.29, 1.82) is 5.26 Å². The van der Waals surface area contributed by atoms with Crippen LogP contribution >= 0.6 is 0 Å². The molecule has 2 aromatic heterocycles. The number of aryl methyl sites for hydroxylation is 1. The molecule has 172 valence electrons. The Morgan fingerprint density at radius 3 is 2.94 bits per heavy atom. The van der Waals surface area contributed by atoms with Gasteiger partial charge in [-0.1, -0.05) is 18.2 Å². The molecule has 1 unspecified atom stereocenters. The minimum atomic E-state index is -0.684. The fraction of sp³-hybridized carbons (Fsp3) is 0.400. The average molecular weight is 457 g/mol. The van der Waals surface area contributed by atoms with E-state index in [-0.39, 0.29) is 24.5 Å². The normalized spacial score (nSPS) is 25.5. The molecule has 34 heavy (non-hydrogen) atoms. The van der Waals surface area contributed by atoms with Gasteiger partial charge in [-0.25, -0.2) is 4.98 Å². The van der Waals surface area contributed by atoms with Crippen molar-refractivity contribution in [3.63, 3.8) is 0 Å². The third-order valence-electron chi connectivity index (χ3n) is 7.37. The molecule has 1 N–H and O–H groups in total. The molecule has 3 aliphatic rings. The van der Waals surface area contributed by atoms with Gasteiger partial charge in [-0.05, 0) is 37.5 Å². The number of pyridine rings is 1. The van der Waals surface area contributed by atoms with E-state index in [0.29, 0.717) is 31.7 Å². The lowest BCUT2D eigenvalue weighted by atomic mass is 9.63. The molecule has 3 aromatic rings. The lowest BCUT2D eigenvalue weighted by Crippen LogP contribution is -2.55. The Hall–Kier alpha value is -3.93. The number of fused-ring (bicyclic) bond motifs is 3. The standard InChI is InChI=1S/C25H24N6O3/c1-15-23-19(29-28-15)8-9-21(27-23)34-17-11-25(12-17)18-6-2-3-7-20(18)31(24(25)33)14-22(32)30-10-4-5-16(30)13-26/h2-3,6-9,16-17H,4-5,10-12,14H2,1H3,(H,28,29). The van der Waals surface area contributed by atoms with E-state index in [4.69, 9.17) is 4.74 Å². The number of hydrogen-bond acceptors (Lipinski definition) is 6. The summed E-state index contributed by atoms with van der Waals surface area (Å²) < 4.78 is 6.12. The smallest absolute Gasteiger partial charge is 0.243 e. The quantitative estimate of drug-likeness (QED) is 0.645. The summed E-state index contributed by atoms with van der Waals surface area (Å²) in [6, 6.07) is 13.1. The van der Waals surface area contributed by atoms with Gasteiger partial charge in [0.25, 0.3) is 0 Å². The molecule has 4 heterocycles. The zero-order valence-electron chi connectivity index (χ0n) is 18.8. The Morgan fingerprint density at radius 1 is 1.29 bits per heavy atom. The summed E-state index contributed by atoms with van der Waals surface area (Å²) in [5.41, 5.74) is 3.47. The number of carbonyl (C=O) groups is 2. The predicted molar refractivity (Wildman–Crippen MR) is 123 cm³/mol. The number of aromatic amines is 1. The van der Waals surface area contributed by atoms with E-state index in [9.17, 15) is 14.9 Å². The SMILES string of the molecule is Cc1[nH]nc2ccc(OC3CC4(C3)C(=O)N(CC(=O)N3CCCC3C#N)c3ccccc34)nc12. The maximum atomic E-state index is 13.7. The number of hydrogen-bond donors (Lipinski definition) is 1. The number of nitrogens with one attached hydrogen (secondary N) is 1. The average Bonchev–Trinajstić information content (AvgIpc) is 3.51. The number of nitriles is 1. The van der Waals surface area contributed by atoms with Crippen molar-refractivity contribution in [2.24, 2.45) is 0 Å². The summed E-state index contributed by atoms with van der Waals surface area (Å²) >= 11 is 0. The number of rotatable bonds is 4. The van der Waals surface area contributed by atoms with E-state index in [1.807, 2.05) is 37.3 Å². The van der Waals surface area contributed by atoms with Crippen LogP contribution in [0.2, 0.25) is 0 Å². The van der Waals surface area contributed by atoms with Crippen LogP contribution in [0.1, 0.15) is 36.9 Å². The lowest BCUT2D eigenvalue weighted by Gasteiger charge is -2.43. The van der Waals surface area contributed by atoms with Gasteiger partial charge in [0, 0.05) is 31.1 Å². The van der Waals surface area contributed by atoms with Crippen LogP contribution in [0, 0.1) is 18.3 Å². The maximum Gasteiger partial charge on any atom is 0.243 e. The second-order valence-corrected chi connectivity index (χ2v) is 9.38. The van der Waals surface area contributed by atoms with Crippen LogP contribution in [-0.4, -0.2) is 57.1 Å². The molecule has 1 aliphatic carbocycles. The molecular weight excluding hydrogens is 432 g/mol. The number of ether oxygens (including phenoxy) is 1. The summed E-state index contributed by atoms with van der Waals surface area (Å²) in [4.78, 5) is 34.4. The summed E-state index contributed by atoms with van der Waals surface area (Å²) in [5.74, 6) is 0.271. The Bertz CT molecular complexity index is 1350. The number of amides is 2. The number of aromatic nitrogens is 3. The van der Waals surface area contributed by atoms with Gasteiger partial charge in [0.05, 0.1) is 17.2 Å². The Kier molecular flexibility index (Phi) is 4.59. The molecule has 2 fully saturated rings. The molecule has 1 spiro atoms. The van der Waals surface area contributed by atoms with Gasteiger partial charge in [0.2, 0.25) is 17.7 Å². The van der Waals surface area contributed by atoms with E-state index in [1.165, 1.54) is 0 Å². The predicted octanol–water partition coefficient (Wildman–Crippen LogP) is 2.61. The van der Waals surface area contributed by atoms with Gasteiger partial charge in [-0.15, -0.1) is 0 Å². The first-order valence-corrected chi connectivity index (χ1v) is 11.6. The highest BCUT2D eigenvalue weighted by Gasteiger charge is 2.59. The third-order valence-corrected chi connectivity index (χ3v) is 7.37. The van der Waals surface area contributed by atoms with Crippen molar-refractivity contribution in [2.45, 2.75) is 50.2 Å². The van der Waals surface area contributed by atoms with E-state index in [0.717, 1.165) is 34.4 Å². The highest BCUT2D eigenvalue weighted by molar-refractivity contribution is 6.11. The highest BCUT2D eigenvalue weighted by Crippen LogP contribution is 2.54. The Balaban J connectivity index is 1.21. The minimum Gasteiger partial charge on any atom is -0.474 e. The van der Waals surface area contributed by atoms with Crippen molar-refractivity contribution in [3.05, 3.63) is 47.7 Å². The van der Waals surface area contributed by atoms with Crippen LogP contribution in [0.15, 0.2) is 36.4 Å². The second-order valence-electron chi connectivity index (χ2n) is 9.38. The van der Waals surface area contributed by atoms with Crippen molar-refractivity contribution in [3.8, 4) is 11.9 Å². The van der Waals surface area contributed by atoms with Gasteiger partial charge in [0.15, 0.2) is 0 Å². The second kappa shape index (κ2) is 7.55. The first-order valence-electron chi connectivity index (χ1n) is 11.6. The number of para-hydroxylation sites is 1. The molecule has 1 atom stereocenters. The first-order chi connectivity index (χ1) is 16.5. The molecule has 9 heteroatoms. The van der Waals surface area contributed by atoms with E-state index >= 15 is 0 Å². The third kappa shape index (κ3) is 2.98. The number of benzene rings is 1. The highest BCUT2D eigenvalue weighted by atomic mass is 16.5. The molecule has 1 saturated carbocycles. The van der Waals surface area contributed by atoms with Gasteiger partial charge in [-0.3, -0.25) is 14.7 Å². The molecular formula is C25H24N6O3. The fourth-order valence-electron chi connectivity index (χ4n) is 5.61. The summed E-state index contributed by atoms with van der Waals surface area (Å²) in [6.07, 6.45) is 2.42. The van der Waals surface area contributed by atoms with Crippen molar-refractivity contribution >= 4 is 28.5 Å². The van der Waals surface area contributed by atoms with Crippen LogP contribution in [0.25, 0.3) is 11.0 Å². The van der Waals surface area contributed by atoms with Crippen molar-refractivity contribution in [1.82, 2.24) is 20.1 Å². The first kappa shape index (κ1) is 20.7. The fourth-order valence-corrected chi connectivity index (χ4v) is 5.61. The zero-order valence-corrected chi connectivity index (χ0v) is 18.8. The topological polar surface area (TPSA) is 115 Å². The van der Waals surface area contributed by atoms with Crippen LogP contribution in [-0.2, 0) is 15.0 Å². The lowest BCUT2D eigenvalue weighted by molar-refractivity contribution is -0.134. The molecule has 1 saturated heterocycles. The molecule has 6 rings (SSSR count). The van der Waals surface area contributed by atoms with Gasteiger partial charge in [-0.2, -0.15) is 10.4 Å². The largest absolute Gasteiger partial charge is 0.474 e. The minimum absolute atomic E-state index is 0.0424. The number of H-pyrrole nitrogens is 1. The number of nitrogens with zero attached hydrogens (tertiary/aromatic N) is 5. The maximum absolute atomic E-state index is 13.7. The Morgan fingerprint density at radius 2 is 2.12 bits per heavy atom. The van der Waals surface area contributed by atoms with Crippen LogP contribution in [0.5, 0.6) is 5.88 Å². The van der Waals surface area contributed by atoms with Crippen molar-refractivity contribution in [2.75, 3.05) is 18.0 Å². The molecule has 1 aromatic carbocycles. The van der Waals surface area contributed by atoms with E-state index in [2.05, 4.69) is 21.3 Å².